The Labute approximate surface area is 152 Å². The van der Waals surface area contributed by atoms with Gasteiger partial charge in [-0.05, 0) is 51.1 Å². The monoisotopic (exact) mass is 406 g/mol. The summed E-state index contributed by atoms with van der Waals surface area (Å²) < 4.78 is 61.4. The summed E-state index contributed by atoms with van der Waals surface area (Å²) >= 11 is 0. The number of carbonyl (C=O) groups is 1. The van der Waals surface area contributed by atoms with Crippen molar-refractivity contribution in [3.63, 3.8) is 0 Å². The van der Waals surface area contributed by atoms with Gasteiger partial charge in [-0.2, -0.15) is 13.2 Å². The van der Waals surface area contributed by atoms with Crippen molar-refractivity contribution in [3.8, 4) is 0 Å². The average Bonchev–Trinajstić information content (AvgIpc) is 2.51. The highest BCUT2D eigenvalue weighted by atomic mass is 35.5. The predicted octanol–water partition coefficient (Wildman–Crippen LogP) is 2.06. The summed E-state index contributed by atoms with van der Waals surface area (Å²) in [4.78, 5) is 12.5. The van der Waals surface area contributed by atoms with Crippen molar-refractivity contribution in [3.05, 3.63) is 0 Å². The lowest BCUT2D eigenvalue weighted by Crippen LogP contribution is -2.57. The van der Waals surface area contributed by atoms with Crippen LogP contribution in [0.1, 0.15) is 38.5 Å². The van der Waals surface area contributed by atoms with E-state index in [4.69, 9.17) is 0 Å². The first-order chi connectivity index (χ1) is 11.1. The molecule has 1 saturated heterocycles. The summed E-state index contributed by atoms with van der Waals surface area (Å²) in [5.41, 5.74) is 0. The minimum Gasteiger partial charge on any atom is -0.354 e. The SMILES string of the molecule is CS(=O)(=O)C1(C(=O)NCC2CCCC(C(F)(F)F)C2)CCNCC1.Cl. The first-order valence-electron chi connectivity index (χ1n) is 8.31. The molecule has 1 heterocycles. The molecule has 1 aliphatic carbocycles. The molecule has 25 heavy (non-hydrogen) atoms. The number of sulfone groups is 1. The number of nitrogens with one attached hydrogen (secondary N) is 2. The highest BCUT2D eigenvalue weighted by Gasteiger charge is 2.49. The van der Waals surface area contributed by atoms with Gasteiger partial charge in [-0.1, -0.05) is 6.42 Å². The van der Waals surface area contributed by atoms with Gasteiger partial charge in [0, 0.05) is 12.8 Å². The van der Waals surface area contributed by atoms with Crippen molar-refractivity contribution in [2.45, 2.75) is 49.4 Å². The molecule has 1 saturated carbocycles. The van der Waals surface area contributed by atoms with Gasteiger partial charge >= 0.3 is 6.18 Å². The van der Waals surface area contributed by atoms with Crippen LogP contribution in [0.5, 0.6) is 0 Å². The molecule has 0 aromatic heterocycles. The summed E-state index contributed by atoms with van der Waals surface area (Å²) in [6.07, 6.45) is -1.54. The lowest BCUT2D eigenvalue weighted by Gasteiger charge is -2.35. The van der Waals surface area contributed by atoms with Crippen molar-refractivity contribution < 1.29 is 26.4 Å². The number of amides is 1. The summed E-state index contributed by atoms with van der Waals surface area (Å²) in [6.45, 7) is 0.968. The molecule has 2 aliphatic rings. The third-order valence-electron chi connectivity index (χ3n) is 5.33. The third-order valence-corrected chi connectivity index (χ3v) is 7.35. The largest absolute Gasteiger partial charge is 0.391 e. The normalized spacial score (nSPS) is 27.2. The second kappa shape index (κ2) is 8.43. The predicted molar refractivity (Wildman–Crippen MR) is 91.4 cm³/mol. The zero-order valence-electron chi connectivity index (χ0n) is 14.2. The molecule has 148 valence electrons. The van der Waals surface area contributed by atoms with E-state index in [0.717, 1.165) is 6.26 Å². The molecule has 2 rings (SSSR count). The van der Waals surface area contributed by atoms with E-state index < -0.39 is 32.6 Å². The molecule has 0 aromatic rings. The van der Waals surface area contributed by atoms with E-state index in [1.807, 2.05) is 0 Å². The maximum atomic E-state index is 12.8. The zero-order chi connectivity index (χ0) is 18.0. The Bertz CT molecular complexity index is 563. The van der Waals surface area contributed by atoms with Crippen LogP contribution in [0.2, 0.25) is 0 Å². The molecule has 0 radical (unpaired) electrons. The van der Waals surface area contributed by atoms with Crippen molar-refractivity contribution in [2.75, 3.05) is 25.9 Å². The quantitative estimate of drug-likeness (QED) is 0.749. The number of carbonyl (C=O) groups excluding carboxylic acids is 1. The van der Waals surface area contributed by atoms with Crippen LogP contribution in [0.25, 0.3) is 0 Å². The number of hydrogen-bond donors (Lipinski definition) is 2. The lowest BCUT2D eigenvalue weighted by atomic mass is 9.81. The third kappa shape index (κ3) is 5.23. The molecule has 2 fully saturated rings. The Morgan fingerprint density at radius 3 is 2.36 bits per heavy atom. The maximum Gasteiger partial charge on any atom is 0.391 e. The average molecular weight is 407 g/mol. The molecule has 0 aromatic carbocycles. The van der Waals surface area contributed by atoms with Gasteiger partial charge < -0.3 is 10.6 Å². The van der Waals surface area contributed by atoms with Gasteiger partial charge in [0.25, 0.3) is 0 Å². The van der Waals surface area contributed by atoms with Gasteiger partial charge in [-0.15, -0.1) is 12.4 Å². The molecule has 2 N–H and O–H groups in total. The Morgan fingerprint density at radius 1 is 1.24 bits per heavy atom. The molecule has 10 heteroatoms. The van der Waals surface area contributed by atoms with Gasteiger partial charge in [0.1, 0.15) is 0 Å². The van der Waals surface area contributed by atoms with E-state index in [0.29, 0.717) is 25.9 Å². The van der Waals surface area contributed by atoms with Crippen molar-refractivity contribution in [2.24, 2.45) is 11.8 Å². The highest BCUT2D eigenvalue weighted by molar-refractivity contribution is 7.92. The number of piperidine rings is 1. The fourth-order valence-electron chi connectivity index (χ4n) is 3.77. The van der Waals surface area contributed by atoms with Crippen LogP contribution in [-0.4, -0.2) is 51.1 Å². The van der Waals surface area contributed by atoms with Crippen LogP contribution in [0, 0.1) is 11.8 Å². The van der Waals surface area contributed by atoms with E-state index in [2.05, 4.69) is 10.6 Å². The van der Waals surface area contributed by atoms with Gasteiger partial charge in [0.05, 0.1) is 5.92 Å². The Hall–Kier alpha value is -0.540. The molecular weight excluding hydrogens is 381 g/mol. The van der Waals surface area contributed by atoms with Crippen LogP contribution in [0.3, 0.4) is 0 Å². The number of alkyl halides is 3. The fraction of sp³-hybridized carbons (Fsp3) is 0.933. The summed E-state index contributed by atoms with van der Waals surface area (Å²) in [6, 6.07) is 0. The fourth-order valence-corrected chi connectivity index (χ4v) is 5.12. The van der Waals surface area contributed by atoms with E-state index in [-0.39, 0.29) is 50.6 Å². The molecule has 2 unspecified atom stereocenters. The lowest BCUT2D eigenvalue weighted by molar-refractivity contribution is -0.185. The Balaban J connectivity index is 0.00000312. The van der Waals surface area contributed by atoms with Crippen LogP contribution < -0.4 is 10.6 Å². The number of rotatable bonds is 4. The zero-order valence-corrected chi connectivity index (χ0v) is 15.8. The van der Waals surface area contributed by atoms with Crippen molar-refractivity contribution in [1.29, 1.82) is 0 Å². The molecular formula is C15H26ClF3N2O3S. The minimum atomic E-state index is -4.20. The van der Waals surface area contributed by atoms with E-state index in [1.54, 1.807) is 0 Å². The molecule has 1 aliphatic heterocycles. The first kappa shape index (κ1) is 22.5. The number of halogens is 4. The van der Waals surface area contributed by atoms with Crippen LogP contribution in [0.4, 0.5) is 13.2 Å². The van der Waals surface area contributed by atoms with Crippen LogP contribution in [0.15, 0.2) is 0 Å². The van der Waals surface area contributed by atoms with Gasteiger partial charge in [0.15, 0.2) is 14.6 Å². The highest BCUT2D eigenvalue weighted by Crippen LogP contribution is 2.39. The smallest absolute Gasteiger partial charge is 0.354 e. The standard InChI is InChI=1S/C15H25F3N2O3S.ClH/c1-24(22,23)14(5-7-19-8-6-14)13(21)20-10-11-3-2-4-12(9-11)15(16,17)18;/h11-12,19H,2-10H2,1H3,(H,20,21);1H. The Kier molecular flexibility index (Phi) is 7.59. The van der Waals surface area contributed by atoms with E-state index >= 15 is 0 Å². The van der Waals surface area contributed by atoms with E-state index in [1.165, 1.54) is 0 Å². The molecule has 5 nitrogen and oxygen atoms in total. The maximum absolute atomic E-state index is 12.8. The van der Waals surface area contributed by atoms with Gasteiger partial charge in [-0.25, -0.2) is 8.42 Å². The van der Waals surface area contributed by atoms with Gasteiger partial charge in [-0.3, -0.25) is 4.79 Å². The Morgan fingerprint density at radius 2 is 1.84 bits per heavy atom. The topological polar surface area (TPSA) is 75.3 Å². The molecule has 0 spiro atoms. The second-order valence-corrected chi connectivity index (χ2v) is 9.32. The van der Waals surface area contributed by atoms with E-state index in [9.17, 15) is 26.4 Å². The van der Waals surface area contributed by atoms with Crippen molar-refractivity contribution >= 4 is 28.2 Å². The van der Waals surface area contributed by atoms with Crippen LogP contribution in [-0.2, 0) is 14.6 Å². The molecule has 0 bridgehead atoms. The first-order valence-corrected chi connectivity index (χ1v) is 10.2. The van der Waals surface area contributed by atoms with Gasteiger partial charge in [0.2, 0.25) is 5.91 Å². The van der Waals surface area contributed by atoms with Crippen molar-refractivity contribution in [1.82, 2.24) is 10.6 Å². The summed E-state index contributed by atoms with van der Waals surface area (Å²) in [5, 5.41) is 5.65. The van der Waals surface area contributed by atoms with Crippen LogP contribution >= 0.6 is 12.4 Å². The number of hydrogen-bond acceptors (Lipinski definition) is 4. The second-order valence-electron chi connectivity index (χ2n) is 7.00. The summed E-state index contributed by atoms with van der Waals surface area (Å²) in [5.74, 6) is -2.15. The minimum absolute atomic E-state index is 0. The summed E-state index contributed by atoms with van der Waals surface area (Å²) in [7, 11) is -3.61. The molecule has 2 atom stereocenters. The molecule has 1 amide bonds.